The zero-order valence-electron chi connectivity index (χ0n) is 18.7. The molecule has 0 aliphatic rings. The molecule has 0 aromatic heterocycles. The van der Waals surface area contributed by atoms with E-state index in [2.05, 4.69) is 29.7 Å². The van der Waals surface area contributed by atoms with Gasteiger partial charge in [0.1, 0.15) is 6.04 Å². The summed E-state index contributed by atoms with van der Waals surface area (Å²) in [5.41, 5.74) is 3.11. The van der Waals surface area contributed by atoms with Crippen molar-refractivity contribution in [2.45, 2.75) is 65.3 Å². The van der Waals surface area contributed by atoms with Crippen molar-refractivity contribution in [2.75, 3.05) is 18.5 Å². The smallest absolute Gasteiger partial charge is 0.242 e. The lowest BCUT2D eigenvalue weighted by molar-refractivity contribution is -0.122. The minimum atomic E-state index is -0.344. The van der Waals surface area contributed by atoms with Gasteiger partial charge in [0, 0.05) is 5.69 Å². The Bertz CT molecular complexity index is 749. The summed E-state index contributed by atoms with van der Waals surface area (Å²) in [5.74, 6) is -0.00945. The second kappa shape index (κ2) is 13.0. The number of amides is 1. The summed E-state index contributed by atoms with van der Waals surface area (Å²) >= 11 is 0. The van der Waals surface area contributed by atoms with Crippen LogP contribution in [0.5, 0.6) is 0 Å². The van der Waals surface area contributed by atoms with Crippen LogP contribution in [0.3, 0.4) is 0 Å². The van der Waals surface area contributed by atoms with Crippen molar-refractivity contribution in [3.8, 4) is 0 Å². The number of hydrogen-bond acceptors (Lipinski definition) is 4. The standard InChI is InChI=1S/C25H36N2O3/c1-5-10-24(22-12-7-6-8-13-22)27-25(28)20(4)26-23-14-9-11-21(17-23)18-29-15-16-30-19(2)3/h6-9,11-14,17,19-20,24,26H,5,10,15-16,18H2,1-4H3,(H,27,28). The molecule has 0 fully saturated rings. The van der Waals surface area contributed by atoms with E-state index in [1.165, 1.54) is 0 Å². The number of benzene rings is 2. The second-order valence-electron chi connectivity index (χ2n) is 7.80. The molecule has 0 heterocycles. The van der Waals surface area contributed by atoms with Crippen molar-refractivity contribution in [3.05, 3.63) is 65.7 Å². The summed E-state index contributed by atoms with van der Waals surface area (Å²) in [6, 6.07) is 17.8. The minimum absolute atomic E-state index is 0.00945. The van der Waals surface area contributed by atoms with Crippen LogP contribution in [-0.4, -0.2) is 31.3 Å². The number of anilines is 1. The van der Waals surface area contributed by atoms with Gasteiger partial charge in [-0.3, -0.25) is 4.79 Å². The third kappa shape index (κ3) is 8.56. The molecule has 0 spiro atoms. The van der Waals surface area contributed by atoms with Crippen molar-refractivity contribution < 1.29 is 14.3 Å². The van der Waals surface area contributed by atoms with E-state index in [-0.39, 0.29) is 24.1 Å². The lowest BCUT2D eigenvalue weighted by atomic mass is 10.0. The number of hydrogen-bond donors (Lipinski definition) is 2. The van der Waals surface area contributed by atoms with Crippen LogP contribution < -0.4 is 10.6 Å². The lowest BCUT2D eigenvalue weighted by Gasteiger charge is -2.22. The fourth-order valence-electron chi connectivity index (χ4n) is 3.19. The summed E-state index contributed by atoms with van der Waals surface area (Å²) in [4.78, 5) is 12.8. The zero-order chi connectivity index (χ0) is 21.8. The monoisotopic (exact) mass is 412 g/mol. The van der Waals surface area contributed by atoms with Crippen LogP contribution in [0.2, 0.25) is 0 Å². The van der Waals surface area contributed by atoms with Crippen molar-refractivity contribution in [1.29, 1.82) is 0 Å². The Morgan fingerprint density at radius 1 is 1.00 bits per heavy atom. The van der Waals surface area contributed by atoms with Gasteiger partial charge in [0.2, 0.25) is 5.91 Å². The molecule has 5 nitrogen and oxygen atoms in total. The molecule has 2 N–H and O–H groups in total. The molecule has 0 radical (unpaired) electrons. The van der Waals surface area contributed by atoms with Gasteiger partial charge < -0.3 is 20.1 Å². The highest BCUT2D eigenvalue weighted by molar-refractivity contribution is 5.84. The third-order valence-electron chi connectivity index (χ3n) is 4.75. The highest BCUT2D eigenvalue weighted by atomic mass is 16.5. The largest absolute Gasteiger partial charge is 0.376 e. The Morgan fingerprint density at radius 2 is 1.77 bits per heavy atom. The van der Waals surface area contributed by atoms with Gasteiger partial charge in [0.05, 0.1) is 32.0 Å². The summed E-state index contributed by atoms with van der Waals surface area (Å²) < 4.78 is 11.2. The van der Waals surface area contributed by atoms with Gasteiger partial charge in [0.15, 0.2) is 0 Å². The Hall–Kier alpha value is -2.37. The molecule has 0 bridgehead atoms. The molecule has 164 valence electrons. The summed E-state index contributed by atoms with van der Waals surface area (Å²) in [7, 11) is 0. The minimum Gasteiger partial charge on any atom is -0.376 e. The molecular formula is C25H36N2O3. The molecule has 30 heavy (non-hydrogen) atoms. The predicted molar refractivity (Wildman–Crippen MR) is 123 cm³/mol. The molecule has 2 atom stereocenters. The third-order valence-corrected chi connectivity index (χ3v) is 4.75. The van der Waals surface area contributed by atoms with Crippen LogP contribution in [-0.2, 0) is 20.9 Å². The van der Waals surface area contributed by atoms with Gasteiger partial charge in [-0.2, -0.15) is 0 Å². The highest BCUT2D eigenvalue weighted by Gasteiger charge is 2.18. The van der Waals surface area contributed by atoms with Gasteiger partial charge in [-0.15, -0.1) is 0 Å². The molecule has 1 amide bonds. The Kier molecular flexibility index (Phi) is 10.4. The van der Waals surface area contributed by atoms with Crippen LogP contribution in [0.25, 0.3) is 0 Å². The van der Waals surface area contributed by atoms with Crippen molar-refractivity contribution in [1.82, 2.24) is 5.32 Å². The normalized spacial score (nSPS) is 13.1. The first kappa shape index (κ1) is 23.9. The van der Waals surface area contributed by atoms with Gasteiger partial charge in [0.25, 0.3) is 0 Å². The molecule has 0 saturated carbocycles. The Morgan fingerprint density at radius 3 is 2.47 bits per heavy atom. The van der Waals surface area contributed by atoms with E-state index in [1.54, 1.807) is 0 Å². The van der Waals surface area contributed by atoms with Gasteiger partial charge in [-0.05, 0) is 50.5 Å². The molecule has 2 unspecified atom stereocenters. The average Bonchev–Trinajstić information content (AvgIpc) is 2.74. The molecule has 2 rings (SSSR count). The molecule has 0 saturated heterocycles. The maximum Gasteiger partial charge on any atom is 0.242 e. The summed E-state index contributed by atoms with van der Waals surface area (Å²) in [6.45, 7) is 9.71. The Labute approximate surface area is 181 Å². The first-order valence-electron chi connectivity index (χ1n) is 10.9. The van der Waals surface area contributed by atoms with E-state index < -0.39 is 0 Å². The number of ether oxygens (including phenoxy) is 2. The first-order chi connectivity index (χ1) is 14.5. The maximum atomic E-state index is 12.8. The fraction of sp³-hybridized carbons (Fsp3) is 0.480. The van der Waals surface area contributed by atoms with Gasteiger partial charge in [-0.1, -0.05) is 55.8 Å². The fourth-order valence-corrected chi connectivity index (χ4v) is 3.19. The van der Waals surface area contributed by atoms with Crippen LogP contribution in [0.4, 0.5) is 5.69 Å². The first-order valence-corrected chi connectivity index (χ1v) is 10.9. The molecule has 2 aromatic carbocycles. The topological polar surface area (TPSA) is 59.6 Å². The van der Waals surface area contributed by atoms with E-state index in [1.807, 2.05) is 63.2 Å². The number of rotatable bonds is 13. The van der Waals surface area contributed by atoms with E-state index >= 15 is 0 Å². The van der Waals surface area contributed by atoms with E-state index in [0.29, 0.717) is 19.8 Å². The average molecular weight is 413 g/mol. The number of nitrogens with one attached hydrogen (secondary N) is 2. The van der Waals surface area contributed by atoms with Crippen LogP contribution >= 0.6 is 0 Å². The second-order valence-corrected chi connectivity index (χ2v) is 7.80. The van der Waals surface area contributed by atoms with E-state index in [0.717, 1.165) is 29.7 Å². The van der Waals surface area contributed by atoms with Crippen molar-refractivity contribution in [2.24, 2.45) is 0 Å². The molecule has 5 heteroatoms. The maximum absolute atomic E-state index is 12.8. The van der Waals surface area contributed by atoms with Gasteiger partial charge >= 0.3 is 0 Å². The lowest BCUT2D eigenvalue weighted by Crippen LogP contribution is -2.39. The van der Waals surface area contributed by atoms with Gasteiger partial charge in [-0.25, -0.2) is 0 Å². The van der Waals surface area contributed by atoms with Crippen molar-refractivity contribution in [3.63, 3.8) is 0 Å². The quantitative estimate of drug-likeness (QED) is 0.450. The molecule has 0 aliphatic heterocycles. The predicted octanol–water partition coefficient (Wildman–Crippen LogP) is 5.09. The molecule has 2 aromatic rings. The molecule has 0 aliphatic carbocycles. The van der Waals surface area contributed by atoms with Crippen molar-refractivity contribution >= 4 is 11.6 Å². The Balaban J connectivity index is 1.86. The van der Waals surface area contributed by atoms with E-state index in [9.17, 15) is 4.79 Å². The zero-order valence-corrected chi connectivity index (χ0v) is 18.7. The SMILES string of the molecule is CCCC(NC(=O)C(C)Nc1cccc(COCCOC(C)C)c1)c1ccccc1. The van der Waals surface area contributed by atoms with Crippen LogP contribution in [0, 0.1) is 0 Å². The van der Waals surface area contributed by atoms with Crippen LogP contribution in [0.1, 0.15) is 57.7 Å². The number of carbonyl (C=O) groups excluding carboxylic acids is 1. The number of carbonyl (C=O) groups is 1. The van der Waals surface area contributed by atoms with E-state index in [4.69, 9.17) is 9.47 Å². The summed E-state index contributed by atoms with van der Waals surface area (Å²) in [5, 5.41) is 6.49. The van der Waals surface area contributed by atoms with Crippen LogP contribution in [0.15, 0.2) is 54.6 Å². The molecular weight excluding hydrogens is 376 g/mol. The summed E-state index contributed by atoms with van der Waals surface area (Å²) in [6.07, 6.45) is 2.13. The highest BCUT2D eigenvalue weighted by Crippen LogP contribution is 2.19.